The summed E-state index contributed by atoms with van der Waals surface area (Å²) in [5, 5.41) is 0. The molecule has 7 rings (SSSR count). The van der Waals surface area contributed by atoms with Gasteiger partial charge in [-0.3, -0.25) is 33.8 Å². The normalized spacial score (nSPS) is 33.6. The number of fused-ring (bicyclic) bond motifs is 10. The van der Waals surface area contributed by atoms with Crippen LogP contribution in [0.2, 0.25) is 0 Å². The minimum Gasteiger partial charge on any atom is -0.456 e. The summed E-state index contributed by atoms with van der Waals surface area (Å²) in [6, 6.07) is 4.31. The average molecular weight is 585 g/mol. The van der Waals surface area contributed by atoms with Gasteiger partial charge in [0.1, 0.15) is 6.04 Å². The van der Waals surface area contributed by atoms with Gasteiger partial charge in [-0.2, -0.15) is 0 Å². The van der Waals surface area contributed by atoms with E-state index in [4.69, 9.17) is 4.74 Å². The van der Waals surface area contributed by atoms with Crippen LogP contribution in [0.3, 0.4) is 0 Å². The lowest BCUT2D eigenvalue weighted by atomic mass is 9.85. The number of hydrogen-bond acceptors (Lipinski definition) is 7. The Morgan fingerprint density at radius 3 is 1.88 bits per heavy atom. The summed E-state index contributed by atoms with van der Waals surface area (Å²) in [6.07, 6.45) is 10.7. The summed E-state index contributed by atoms with van der Waals surface area (Å²) in [6.45, 7) is 3.42. The van der Waals surface area contributed by atoms with Gasteiger partial charge in [0.15, 0.2) is 6.61 Å². The van der Waals surface area contributed by atoms with Crippen molar-refractivity contribution >= 4 is 35.4 Å². The van der Waals surface area contributed by atoms with Gasteiger partial charge in [-0.15, -0.1) is 0 Å². The molecule has 4 amide bonds. The Bertz CT molecular complexity index is 1450. The Morgan fingerprint density at radius 2 is 1.33 bits per heavy atom. The second-order valence-corrected chi connectivity index (χ2v) is 13.2. The van der Waals surface area contributed by atoms with Crippen LogP contribution in [0.5, 0.6) is 0 Å². The molecule has 0 aromatic heterocycles. The number of Topliss-reactive ketones (excluding diaryl/α,β-unsaturated/α-hetero) is 1. The molecule has 2 saturated carbocycles. The van der Waals surface area contributed by atoms with Crippen molar-refractivity contribution in [3.63, 3.8) is 0 Å². The van der Waals surface area contributed by atoms with Crippen LogP contribution in [-0.4, -0.2) is 64.4 Å². The second-order valence-electron chi connectivity index (χ2n) is 13.2. The van der Waals surface area contributed by atoms with E-state index in [-0.39, 0.29) is 77.9 Å². The molecule has 2 aliphatic heterocycles. The van der Waals surface area contributed by atoms with E-state index in [9.17, 15) is 28.8 Å². The molecule has 43 heavy (non-hydrogen) atoms. The van der Waals surface area contributed by atoms with Gasteiger partial charge in [-0.05, 0) is 81.3 Å². The molecule has 0 spiro atoms. The van der Waals surface area contributed by atoms with Gasteiger partial charge in [-0.25, -0.2) is 4.79 Å². The van der Waals surface area contributed by atoms with Crippen LogP contribution in [0.25, 0.3) is 0 Å². The first-order valence-electron chi connectivity index (χ1n) is 15.5. The number of esters is 1. The van der Waals surface area contributed by atoms with Gasteiger partial charge in [0.2, 0.25) is 29.4 Å². The summed E-state index contributed by atoms with van der Waals surface area (Å²) >= 11 is 0. The first kappa shape index (κ1) is 27.9. The second kappa shape index (κ2) is 10.4. The Kier molecular flexibility index (Phi) is 6.74. The van der Waals surface area contributed by atoms with Gasteiger partial charge < -0.3 is 4.74 Å². The van der Waals surface area contributed by atoms with Crippen molar-refractivity contribution in [2.75, 3.05) is 13.2 Å². The van der Waals surface area contributed by atoms with E-state index in [1.165, 1.54) is 4.90 Å². The zero-order chi connectivity index (χ0) is 30.2. The minimum atomic E-state index is -1.17. The zero-order valence-corrected chi connectivity index (χ0v) is 24.4. The van der Waals surface area contributed by atoms with Crippen molar-refractivity contribution in [3.05, 3.63) is 59.2 Å². The third-order valence-corrected chi connectivity index (χ3v) is 10.8. The molecule has 4 aliphatic carbocycles. The number of benzene rings is 1. The molecule has 9 atom stereocenters. The molecular weight excluding hydrogens is 548 g/mol. The summed E-state index contributed by atoms with van der Waals surface area (Å²) in [7, 11) is 0. The van der Waals surface area contributed by atoms with Gasteiger partial charge in [-0.1, -0.05) is 42.0 Å². The van der Waals surface area contributed by atoms with E-state index in [1.54, 1.807) is 6.07 Å². The zero-order valence-electron chi connectivity index (χ0n) is 24.4. The predicted molar refractivity (Wildman–Crippen MR) is 153 cm³/mol. The predicted octanol–water partition coefficient (Wildman–Crippen LogP) is 3.18. The third-order valence-electron chi connectivity index (χ3n) is 10.8. The Morgan fingerprint density at radius 1 is 0.791 bits per heavy atom. The monoisotopic (exact) mass is 584 g/mol. The molecule has 224 valence electrons. The van der Waals surface area contributed by atoms with Crippen LogP contribution in [0.4, 0.5) is 0 Å². The number of allylic oxidation sites excluding steroid dienone is 4. The lowest BCUT2D eigenvalue weighted by molar-refractivity contribution is -0.159. The maximum absolute atomic E-state index is 13.6. The smallest absolute Gasteiger partial charge is 0.329 e. The molecule has 9 heteroatoms. The Labute approximate surface area is 250 Å². The summed E-state index contributed by atoms with van der Waals surface area (Å²) in [4.78, 5) is 82.2. The highest BCUT2D eigenvalue weighted by molar-refractivity contribution is 6.09. The Hall–Kier alpha value is -3.88. The molecule has 0 unspecified atom stereocenters. The number of hydrogen-bond donors (Lipinski definition) is 0. The molecule has 4 bridgehead atoms. The molecule has 0 radical (unpaired) electrons. The lowest BCUT2D eigenvalue weighted by Crippen LogP contribution is -2.47. The SMILES string of the molecule is Cc1ccc(C)c(C(=O)COC(=O)[C@H](CCCCN2C(=O)[C@@H]3[C@H](C2=O)[C@H]2C=C[C@H]3C2)N2C(=O)[C@H]3[C@H](C2=O)[C@H]2C=C[C@H]3C2)c1. The number of carbonyl (C=O) groups is 6. The van der Waals surface area contributed by atoms with Crippen LogP contribution in [0, 0.1) is 61.2 Å². The number of unbranched alkanes of at least 4 members (excludes halogenated alkanes) is 1. The van der Waals surface area contributed by atoms with E-state index >= 15 is 0 Å². The van der Waals surface area contributed by atoms with Gasteiger partial charge in [0.05, 0.1) is 23.7 Å². The van der Waals surface area contributed by atoms with Gasteiger partial charge in [0.25, 0.3) is 0 Å². The van der Waals surface area contributed by atoms with Gasteiger partial charge in [0, 0.05) is 12.1 Å². The fraction of sp³-hybridized carbons (Fsp3) is 0.529. The van der Waals surface area contributed by atoms with Crippen LogP contribution < -0.4 is 0 Å². The standard InChI is InChI=1S/C34H36N2O7/c1-17-6-7-18(2)23(13-17)25(37)16-43-34(42)24(36-32(40)28-21-10-11-22(15-21)29(28)33(36)41)5-3-4-12-35-30(38)26-19-8-9-20(14-19)27(26)31(35)39/h6-11,13,19-22,24,26-29H,3-5,12,14-16H2,1-2H3/t19-,20-,21-,22-,24-,26-,27+,28+,29+/m0/s1. The number of amides is 4. The fourth-order valence-electron chi connectivity index (χ4n) is 8.72. The first-order chi connectivity index (χ1) is 20.7. The molecule has 1 aromatic carbocycles. The molecule has 2 saturated heterocycles. The van der Waals surface area contributed by atoms with Crippen molar-refractivity contribution in [3.8, 4) is 0 Å². The van der Waals surface area contributed by atoms with Crippen LogP contribution in [0.15, 0.2) is 42.5 Å². The molecule has 0 N–H and O–H groups in total. The van der Waals surface area contributed by atoms with Crippen molar-refractivity contribution in [1.29, 1.82) is 0 Å². The maximum atomic E-state index is 13.6. The number of aryl methyl sites for hydroxylation is 2. The van der Waals surface area contributed by atoms with Crippen LogP contribution >= 0.6 is 0 Å². The topological polar surface area (TPSA) is 118 Å². The quantitative estimate of drug-likeness (QED) is 0.136. The maximum Gasteiger partial charge on any atom is 0.329 e. The summed E-state index contributed by atoms with van der Waals surface area (Å²) < 4.78 is 5.49. The van der Waals surface area contributed by atoms with Crippen molar-refractivity contribution in [1.82, 2.24) is 9.80 Å². The first-order valence-corrected chi connectivity index (χ1v) is 15.5. The van der Waals surface area contributed by atoms with E-state index in [0.717, 1.165) is 28.9 Å². The van der Waals surface area contributed by atoms with Crippen LogP contribution in [-0.2, 0) is 28.7 Å². The number of imide groups is 2. The van der Waals surface area contributed by atoms with E-state index in [2.05, 4.69) is 12.2 Å². The average Bonchev–Trinajstić information content (AvgIpc) is 3.84. The number of ether oxygens (including phenoxy) is 1. The molecule has 2 heterocycles. The van der Waals surface area contributed by atoms with Crippen molar-refractivity contribution in [2.24, 2.45) is 47.3 Å². The van der Waals surface area contributed by atoms with Crippen molar-refractivity contribution < 1.29 is 33.5 Å². The largest absolute Gasteiger partial charge is 0.456 e. The molecule has 4 fully saturated rings. The van der Waals surface area contributed by atoms with Gasteiger partial charge >= 0.3 is 5.97 Å². The Balaban J connectivity index is 1.03. The van der Waals surface area contributed by atoms with Crippen LogP contribution in [0.1, 0.15) is 53.6 Å². The van der Waals surface area contributed by atoms with E-state index in [0.29, 0.717) is 18.4 Å². The number of rotatable bonds is 10. The number of nitrogens with zero attached hydrogens (tertiary/aromatic N) is 2. The van der Waals surface area contributed by atoms with E-state index < -0.39 is 30.5 Å². The minimum absolute atomic E-state index is 0.00424. The highest BCUT2D eigenvalue weighted by Crippen LogP contribution is 2.54. The number of carbonyl (C=O) groups excluding carboxylic acids is 6. The molecule has 6 aliphatic rings. The van der Waals surface area contributed by atoms with E-state index in [1.807, 2.05) is 38.1 Å². The number of likely N-dealkylation sites (tertiary alicyclic amines) is 2. The highest BCUT2D eigenvalue weighted by atomic mass is 16.5. The summed E-state index contributed by atoms with van der Waals surface area (Å²) in [5.74, 6) is -3.26. The van der Waals surface area contributed by atoms with Crippen molar-refractivity contribution in [2.45, 2.75) is 52.0 Å². The lowest BCUT2D eigenvalue weighted by Gasteiger charge is -2.26. The fourth-order valence-corrected chi connectivity index (χ4v) is 8.72. The highest BCUT2D eigenvalue weighted by Gasteiger charge is 2.61. The molecule has 9 nitrogen and oxygen atoms in total. The number of ketones is 1. The summed E-state index contributed by atoms with van der Waals surface area (Å²) in [5.41, 5.74) is 2.13. The molecular formula is C34H36N2O7. The third kappa shape index (κ3) is 4.33. The molecule has 1 aromatic rings.